The van der Waals surface area contributed by atoms with Gasteiger partial charge in [0.25, 0.3) is 0 Å². The topological polar surface area (TPSA) is 66.9 Å². The third kappa shape index (κ3) is 5.05. The van der Waals surface area contributed by atoms with Crippen molar-refractivity contribution in [1.29, 1.82) is 0 Å². The van der Waals surface area contributed by atoms with Crippen LogP contribution in [0.3, 0.4) is 0 Å². The molecule has 0 saturated heterocycles. The maximum Gasteiger partial charge on any atom is 0.243 e. The van der Waals surface area contributed by atoms with Crippen LogP contribution in [0.25, 0.3) is 0 Å². The maximum absolute atomic E-state index is 13.0. The quantitative estimate of drug-likeness (QED) is 0.723. The Morgan fingerprint density at radius 2 is 1.74 bits per heavy atom. The zero-order valence-corrected chi connectivity index (χ0v) is 16.6. The first-order valence-electron chi connectivity index (χ1n) is 8.24. The molecule has 27 heavy (non-hydrogen) atoms. The Bertz CT molecular complexity index is 914. The molecule has 6 nitrogen and oxygen atoms in total. The molecule has 0 bridgehead atoms. The van der Waals surface area contributed by atoms with Crippen LogP contribution in [-0.2, 0) is 21.4 Å². The molecule has 2 aromatic carbocycles. The van der Waals surface area contributed by atoms with Crippen LogP contribution < -0.4 is 4.74 Å². The van der Waals surface area contributed by atoms with E-state index >= 15 is 0 Å². The molecule has 0 radical (unpaired) electrons. The van der Waals surface area contributed by atoms with Crippen LogP contribution in [0.1, 0.15) is 11.1 Å². The van der Waals surface area contributed by atoms with E-state index in [9.17, 15) is 17.6 Å². The van der Waals surface area contributed by atoms with Crippen molar-refractivity contribution in [2.45, 2.75) is 18.4 Å². The van der Waals surface area contributed by atoms with Gasteiger partial charge in [-0.05, 0) is 37.3 Å². The lowest BCUT2D eigenvalue weighted by atomic mass is 10.1. The Balaban J connectivity index is 2.09. The van der Waals surface area contributed by atoms with Gasteiger partial charge in [0.15, 0.2) is 0 Å². The van der Waals surface area contributed by atoms with Crippen molar-refractivity contribution < 1.29 is 22.3 Å². The zero-order chi connectivity index (χ0) is 20.2. The van der Waals surface area contributed by atoms with Gasteiger partial charge in [0.05, 0.1) is 18.6 Å². The number of rotatable bonds is 7. The Morgan fingerprint density at radius 3 is 2.33 bits per heavy atom. The van der Waals surface area contributed by atoms with Crippen molar-refractivity contribution >= 4 is 15.9 Å². The monoisotopic (exact) mass is 394 g/mol. The van der Waals surface area contributed by atoms with Gasteiger partial charge in [-0.25, -0.2) is 12.8 Å². The Morgan fingerprint density at radius 1 is 1.11 bits per heavy atom. The third-order valence-corrected chi connectivity index (χ3v) is 5.97. The number of likely N-dealkylation sites (N-methyl/N-ethyl adjacent to an activating group) is 2. The summed E-state index contributed by atoms with van der Waals surface area (Å²) in [6, 6.07) is 10.1. The largest absolute Gasteiger partial charge is 0.496 e. The molecule has 146 valence electrons. The van der Waals surface area contributed by atoms with Crippen LogP contribution in [0.2, 0.25) is 0 Å². The number of benzene rings is 2. The van der Waals surface area contributed by atoms with Gasteiger partial charge in [0, 0.05) is 26.2 Å². The summed E-state index contributed by atoms with van der Waals surface area (Å²) in [6.45, 7) is 1.90. The number of methoxy groups -OCH3 is 1. The van der Waals surface area contributed by atoms with Crippen molar-refractivity contribution in [2.75, 3.05) is 27.7 Å². The highest BCUT2D eigenvalue weighted by Gasteiger charge is 2.24. The average Bonchev–Trinajstić information content (AvgIpc) is 2.62. The molecule has 2 aromatic rings. The second-order valence-corrected chi connectivity index (χ2v) is 8.32. The average molecular weight is 394 g/mol. The van der Waals surface area contributed by atoms with Gasteiger partial charge in [0.1, 0.15) is 11.6 Å². The molecule has 8 heteroatoms. The van der Waals surface area contributed by atoms with Crippen molar-refractivity contribution in [1.82, 2.24) is 9.21 Å². The predicted molar refractivity (Wildman–Crippen MR) is 100 cm³/mol. The number of halogens is 1. The number of amides is 1. The van der Waals surface area contributed by atoms with E-state index in [4.69, 9.17) is 4.74 Å². The molecule has 1 amide bonds. The van der Waals surface area contributed by atoms with Crippen LogP contribution >= 0.6 is 0 Å². The van der Waals surface area contributed by atoms with Crippen LogP contribution in [0.15, 0.2) is 47.4 Å². The minimum absolute atomic E-state index is 0.0674. The Kier molecular flexibility index (Phi) is 6.56. The van der Waals surface area contributed by atoms with Crippen molar-refractivity contribution in [3.8, 4) is 5.75 Å². The number of hydrogen-bond donors (Lipinski definition) is 0. The van der Waals surface area contributed by atoms with Crippen molar-refractivity contribution in [3.05, 3.63) is 59.4 Å². The summed E-state index contributed by atoms with van der Waals surface area (Å²) in [4.78, 5) is 13.9. The van der Waals surface area contributed by atoms with Crippen molar-refractivity contribution in [2.24, 2.45) is 0 Å². The van der Waals surface area contributed by atoms with E-state index in [0.29, 0.717) is 5.75 Å². The molecule has 0 saturated carbocycles. The summed E-state index contributed by atoms with van der Waals surface area (Å²) in [7, 11) is 0.589. The van der Waals surface area contributed by atoms with E-state index < -0.39 is 15.8 Å². The van der Waals surface area contributed by atoms with Gasteiger partial charge >= 0.3 is 0 Å². The molecule has 0 aliphatic carbocycles. The van der Waals surface area contributed by atoms with Crippen LogP contribution in [0.5, 0.6) is 5.75 Å². The summed E-state index contributed by atoms with van der Waals surface area (Å²) in [5, 5.41) is 0. The predicted octanol–water partition coefficient (Wildman–Crippen LogP) is 2.42. The SMILES string of the molecule is COc1ccc(C)cc1CN(C)C(=O)CN(C)S(=O)(=O)c1ccc(F)cc1. The second-order valence-electron chi connectivity index (χ2n) is 6.28. The van der Waals surface area contributed by atoms with E-state index in [1.165, 1.54) is 24.1 Å². The van der Waals surface area contributed by atoms with Crippen molar-refractivity contribution in [3.63, 3.8) is 0 Å². The van der Waals surface area contributed by atoms with Crippen LogP contribution in [0.4, 0.5) is 4.39 Å². The smallest absolute Gasteiger partial charge is 0.243 e. The van der Waals surface area contributed by atoms with Crippen LogP contribution in [-0.4, -0.2) is 51.3 Å². The van der Waals surface area contributed by atoms with E-state index in [1.807, 2.05) is 25.1 Å². The van der Waals surface area contributed by atoms with Gasteiger partial charge in [-0.15, -0.1) is 0 Å². The number of sulfonamides is 1. The lowest BCUT2D eigenvalue weighted by Gasteiger charge is -2.23. The van der Waals surface area contributed by atoms with Crippen LogP contribution in [0, 0.1) is 12.7 Å². The summed E-state index contributed by atoms with van der Waals surface area (Å²) in [5.74, 6) is -0.237. The normalized spacial score (nSPS) is 11.5. The van der Waals surface area contributed by atoms with Gasteiger partial charge in [-0.3, -0.25) is 4.79 Å². The lowest BCUT2D eigenvalue weighted by molar-refractivity contribution is -0.130. The highest BCUT2D eigenvalue weighted by molar-refractivity contribution is 7.89. The standard InChI is InChI=1S/C19H23FN2O4S/c1-14-5-10-18(26-4)15(11-14)12-21(2)19(23)13-22(3)27(24,25)17-8-6-16(20)7-9-17/h5-11H,12-13H2,1-4H3. The Hall–Kier alpha value is -2.45. The minimum atomic E-state index is -3.88. The summed E-state index contributed by atoms with van der Waals surface area (Å²) in [6.07, 6.45) is 0. The molecule has 0 aromatic heterocycles. The van der Waals surface area contributed by atoms with Gasteiger partial charge in [0.2, 0.25) is 15.9 Å². The first-order valence-corrected chi connectivity index (χ1v) is 9.68. The summed E-state index contributed by atoms with van der Waals surface area (Å²) < 4.78 is 44.3. The number of aryl methyl sites for hydroxylation is 1. The third-order valence-electron chi connectivity index (χ3n) is 4.15. The molecular formula is C19H23FN2O4S. The molecule has 0 aliphatic rings. The first-order chi connectivity index (χ1) is 12.6. The fourth-order valence-electron chi connectivity index (χ4n) is 2.56. The fourth-order valence-corrected chi connectivity index (χ4v) is 3.68. The minimum Gasteiger partial charge on any atom is -0.496 e. The van der Waals surface area contributed by atoms with E-state index in [1.54, 1.807) is 14.2 Å². The molecule has 0 aliphatic heterocycles. The van der Waals surface area contributed by atoms with E-state index in [0.717, 1.165) is 27.6 Å². The molecule has 0 spiro atoms. The molecule has 0 N–H and O–H groups in total. The van der Waals surface area contributed by atoms with E-state index in [-0.39, 0.29) is 23.9 Å². The molecule has 0 fully saturated rings. The fraction of sp³-hybridized carbons (Fsp3) is 0.316. The number of nitrogens with zero attached hydrogens (tertiary/aromatic N) is 2. The Labute approximate surface area is 159 Å². The molecule has 0 heterocycles. The highest BCUT2D eigenvalue weighted by atomic mass is 32.2. The van der Waals surface area contributed by atoms with Gasteiger partial charge < -0.3 is 9.64 Å². The van der Waals surface area contributed by atoms with Gasteiger partial charge in [-0.2, -0.15) is 4.31 Å². The second kappa shape index (κ2) is 8.49. The molecule has 2 rings (SSSR count). The van der Waals surface area contributed by atoms with Gasteiger partial charge in [-0.1, -0.05) is 17.7 Å². The molecule has 0 unspecified atom stereocenters. The lowest BCUT2D eigenvalue weighted by Crippen LogP contribution is -2.39. The maximum atomic E-state index is 13.0. The summed E-state index contributed by atoms with van der Waals surface area (Å²) >= 11 is 0. The highest BCUT2D eigenvalue weighted by Crippen LogP contribution is 2.21. The number of ether oxygens (including phenoxy) is 1. The van der Waals surface area contributed by atoms with E-state index in [2.05, 4.69) is 0 Å². The zero-order valence-electron chi connectivity index (χ0n) is 15.8. The number of hydrogen-bond acceptors (Lipinski definition) is 4. The number of carbonyl (C=O) groups excluding carboxylic acids is 1. The number of carbonyl (C=O) groups is 1. The summed E-state index contributed by atoms with van der Waals surface area (Å²) in [5.41, 5.74) is 1.86. The first kappa shape index (κ1) is 20.9. The molecule has 0 atom stereocenters. The molecular weight excluding hydrogens is 371 g/mol.